The van der Waals surface area contributed by atoms with Crippen LogP contribution in [0.4, 0.5) is 18.9 Å². The summed E-state index contributed by atoms with van der Waals surface area (Å²) in [5.41, 5.74) is -2.80. The zero-order valence-corrected chi connectivity index (χ0v) is 11.7. The number of nitrogens with one attached hydrogen (secondary N) is 1. The monoisotopic (exact) mass is 304 g/mol. The Kier molecular flexibility index (Phi) is 4.50. The Labute approximate surface area is 119 Å². The van der Waals surface area contributed by atoms with Crippen LogP contribution in [0, 0.1) is 0 Å². The summed E-state index contributed by atoms with van der Waals surface area (Å²) < 4.78 is 38.5. The normalized spacial score (nSPS) is 14.2. The fourth-order valence-corrected chi connectivity index (χ4v) is 1.47. The molecule has 0 fully saturated rings. The van der Waals surface area contributed by atoms with E-state index in [0.717, 1.165) is 0 Å². The van der Waals surface area contributed by atoms with Gasteiger partial charge in [-0.1, -0.05) is 6.07 Å². The zero-order valence-electron chi connectivity index (χ0n) is 11.7. The number of benzene rings is 1. The second-order valence-electron chi connectivity index (χ2n) is 4.83. The molecule has 0 aliphatic carbocycles. The van der Waals surface area contributed by atoms with Gasteiger partial charge in [-0.25, -0.2) is 4.79 Å². The first-order chi connectivity index (χ1) is 9.49. The van der Waals surface area contributed by atoms with Crippen LogP contribution in [0.15, 0.2) is 24.3 Å². The molecule has 0 heterocycles. The summed E-state index contributed by atoms with van der Waals surface area (Å²) in [6, 6.07) is 5.84. The molecule has 116 valence electrons. The van der Waals surface area contributed by atoms with Gasteiger partial charge in [0.15, 0.2) is 0 Å². The Morgan fingerprint density at radius 3 is 2.24 bits per heavy atom. The first kappa shape index (κ1) is 16.8. The highest BCUT2D eigenvalue weighted by atomic mass is 19.4. The number of carbonyl (C=O) groups is 2. The third-order valence-corrected chi connectivity index (χ3v) is 2.98. The van der Waals surface area contributed by atoms with E-state index < -0.39 is 23.6 Å². The van der Waals surface area contributed by atoms with Gasteiger partial charge in [-0.05, 0) is 25.1 Å². The molecule has 2 N–H and O–H groups in total. The lowest BCUT2D eigenvalue weighted by atomic mass is 10.0. The third kappa shape index (κ3) is 3.45. The van der Waals surface area contributed by atoms with Gasteiger partial charge in [0.05, 0.1) is 0 Å². The number of alkyl halides is 3. The topological polar surface area (TPSA) is 69.6 Å². The number of hydrogen-bond acceptors (Lipinski definition) is 3. The quantitative estimate of drug-likeness (QED) is 0.891. The largest absolute Gasteiger partial charge is 0.479 e. The minimum absolute atomic E-state index is 0.0575. The number of aliphatic carboxylic acids is 1. The van der Waals surface area contributed by atoms with Crippen molar-refractivity contribution in [2.75, 3.05) is 19.0 Å². The van der Waals surface area contributed by atoms with E-state index in [1.54, 1.807) is 25.1 Å². The molecule has 1 unspecified atom stereocenters. The molecule has 1 aromatic rings. The lowest BCUT2D eigenvalue weighted by molar-refractivity contribution is -0.203. The first-order valence-electron chi connectivity index (χ1n) is 5.89. The minimum Gasteiger partial charge on any atom is -0.479 e. The van der Waals surface area contributed by atoms with E-state index in [2.05, 4.69) is 0 Å². The number of anilines is 1. The number of carboxylic acid groups (broad SMARTS) is 1. The van der Waals surface area contributed by atoms with E-state index in [9.17, 15) is 22.8 Å². The van der Waals surface area contributed by atoms with Gasteiger partial charge in [-0.3, -0.25) is 4.79 Å². The molecule has 0 saturated carbocycles. The Morgan fingerprint density at radius 2 is 1.81 bits per heavy atom. The molecule has 21 heavy (non-hydrogen) atoms. The smallest absolute Gasteiger partial charge is 0.422 e. The number of amides is 1. The van der Waals surface area contributed by atoms with E-state index in [1.807, 2.05) is 0 Å². The van der Waals surface area contributed by atoms with Crippen molar-refractivity contribution in [3.8, 4) is 0 Å². The van der Waals surface area contributed by atoms with Crippen LogP contribution >= 0.6 is 0 Å². The lowest BCUT2D eigenvalue weighted by Crippen LogP contribution is -2.61. The fourth-order valence-electron chi connectivity index (χ4n) is 1.47. The number of rotatable bonds is 4. The number of carboxylic acids is 1. The van der Waals surface area contributed by atoms with Gasteiger partial charge in [0, 0.05) is 25.3 Å². The maximum atomic E-state index is 12.8. The van der Waals surface area contributed by atoms with Crippen LogP contribution in [0.2, 0.25) is 0 Å². The molecule has 8 heteroatoms. The molecule has 0 spiro atoms. The summed E-state index contributed by atoms with van der Waals surface area (Å²) in [5, 5.41) is 10.3. The molecule has 1 aromatic carbocycles. The Bertz CT molecular complexity index is 558. The molecule has 0 aromatic heterocycles. The van der Waals surface area contributed by atoms with E-state index in [-0.39, 0.29) is 5.56 Å². The summed E-state index contributed by atoms with van der Waals surface area (Å²) in [5.74, 6) is -3.28. The van der Waals surface area contributed by atoms with Crippen molar-refractivity contribution >= 4 is 17.6 Å². The van der Waals surface area contributed by atoms with Crippen LogP contribution < -0.4 is 10.2 Å². The van der Waals surface area contributed by atoms with Crippen LogP contribution in [0.5, 0.6) is 0 Å². The lowest BCUT2D eigenvalue weighted by Gasteiger charge is -2.28. The Morgan fingerprint density at radius 1 is 1.24 bits per heavy atom. The van der Waals surface area contributed by atoms with Crippen LogP contribution in [-0.4, -0.2) is 42.8 Å². The maximum absolute atomic E-state index is 12.8. The molecule has 5 nitrogen and oxygen atoms in total. The second-order valence-corrected chi connectivity index (χ2v) is 4.83. The average Bonchev–Trinajstić information content (AvgIpc) is 2.37. The first-order valence-corrected chi connectivity index (χ1v) is 5.89. The maximum Gasteiger partial charge on any atom is 0.422 e. The molecule has 0 saturated heterocycles. The number of nitrogens with zero attached hydrogens (tertiary/aromatic N) is 1. The SMILES string of the molecule is CN(C)c1cccc(C(=O)NC(C)(C(=O)O)C(F)(F)F)c1. The molecule has 0 aliphatic rings. The predicted molar refractivity (Wildman–Crippen MR) is 70.3 cm³/mol. The van der Waals surface area contributed by atoms with Gasteiger partial charge in [-0.15, -0.1) is 0 Å². The zero-order chi connectivity index (χ0) is 16.4. The molecule has 0 bridgehead atoms. The van der Waals surface area contributed by atoms with E-state index >= 15 is 0 Å². The van der Waals surface area contributed by atoms with Crippen LogP contribution in [0.25, 0.3) is 0 Å². The van der Waals surface area contributed by atoms with Gasteiger partial charge in [0.25, 0.3) is 5.91 Å². The molecule has 0 aliphatic heterocycles. The van der Waals surface area contributed by atoms with Gasteiger partial charge >= 0.3 is 12.1 Å². The average molecular weight is 304 g/mol. The van der Waals surface area contributed by atoms with Crippen LogP contribution in [0.1, 0.15) is 17.3 Å². The number of carbonyl (C=O) groups excluding carboxylic acids is 1. The fraction of sp³-hybridized carbons (Fsp3) is 0.385. The van der Waals surface area contributed by atoms with Gasteiger partial charge < -0.3 is 15.3 Å². The van der Waals surface area contributed by atoms with Crippen LogP contribution in [-0.2, 0) is 4.79 Å². The van der Waals surface area contributed by atoms with Crippen molar-refractivity contribution in [2.24, 2.45) is 0 Å². The van der Waals surface area contributed by atoms with Gasteiger partial charge in [0.1, 0.15) is 0 Å². The second kappa shape index (κ2) is 5.63. The van der Waals surface area contributed by atoms with Crippen molar-refractivity contribution in [2.45, 2.75) is 18.6 Å². The molecule has 1 rings (SSSR count). The summed E-state index contributed by atoms with van der Waals surface area (Å²) >= 11 is 0. The Hall–Kier alpha value is -2.25. The van der Waals surface area contributed by atoms with E-state index in [0.29, 0.717) is 12.6 Å². The highest BCUT2D eigenvalue weighted by molar-refractivity contribution is 5.98. The minimum atomic E-state index is -5.12. The summed E-state index contributed by atoms with van der Waals surface area (Å²) in [6.07, 6.45) is -5.12. The van der Waals surface area contributed by atoms with Gasteiger partial charge in [-0.2, -0.15) is 13.2 Å². The van der Waals surface area contributed by atoms with Crippen molar-refractivity contribution in [3.63, 3.8) is 0 Å². The van der Waals surface area contributed by atoms with Crippen molar-refractivity contribution in [3.05, 3.63) is 29.8 Å². The van der Waals surface area contributed by atoms with Gasteiger partial charge in [0.2, 0.25) is 5.54 Å². The van der Waals surface area contributed by atoms with E-state index in [4.69, 9.17) is 5.11 Å². The van der Waals surface area contributed by atoms with Crippen molar-refractivity contribution in [1.82, 2.24) is 5.32 Å². The van der Waals surface area contributed by atoms with Crippen molar-refractivity contribution in [1.29, 1.82) is 0 Å². The highest BCUT2D eigenvalue weighted by Crippen LogP contribution is 2.30. The number of halogens is 3. The summed E-state index contributed by atoms with van der Waals surface area (Å²) in [4.78, 5) is 24.4. The summed E-state index contributed by atoms with van der Waals surface area (Å²) in [6.45, 7) is 0.406. The third-order valence-electron chi connectivity index (χ3n) is 2.98. The summed E-state index contributed by atoms with van der Waals surface area (Å²) in [7, 11) is 3.40. The Balaban J connectivity index is 3.09. The molecular formula is C13H15F3N2O3. The molecule has 1 amide bonds. The van der Waals surface area contributed by atoms with Crippen molar-refractivity contribution < 1.29 is 27.9 Å². The molecule has 1 atom stereocenters. The standard InChI is InChI=1S/C13H15F3N2O3/c1-12(11(20)21,13(14,15)16)17-10(19)8-5-4-6-9(7-8)18(2)3/h4-7H,1-3H3,(H,17,19)(H,20,21). The predicted octanol–water partition coefficient (Wildman–Crippen LogP) is 1.89. The molecule has 0 radical (unpaired) electrons. The van der Waals surface area contributed by atoms with Crippen LogP contribution in [0.3, 0.4) is 0 Å². The molecular weight excluding hydrogens is 289 g/mol. The van der Waals surface area contributed by atoms with E-state index in [1.165, 1.54) is 23.5 Å². The number of hydrogen-bond donors (Lipinski definition) is 2. The highest BCUT2D eigenvalue weighted by Gasteiger charge is 2.58.